The van der Waals surface area contributed by atoms with E-state index in [-0.39, 0.29) is 6.03 Å². The van der Waals surface area contributed by atoms with Crippen LogP contribution in [-0.4, -0.2) is 23.3 Å². The summed E-state index contributed by atoms with van der Waals surface area (Å²) in [7, 11) is 1.62. The number of benzene rings is 3. The van der Waals surface area contributed by atoms with Crippen molar-refractivity contribution in [2.45, 2.75) is 33.7 Å². The maximum atomic E-state index is 13.5. The number of anilines is 1. The molecule has 0 radical (unpaired) electrons. The van der Waals surface area contributed by atoms with Gasteiger partial charge >= 0.3 is 6.03 Å². The molecular formula is C29H28N4O3. The van der Waals surface area contributed by atoms with Gasteiger partial charge in [0.25, 0.3) is 5.89 Å². The summed E-state index contributed by atoms with van der Waals surface area (Å²) in [5.41, 5.74) is 7.31. The molecule has 0 fully saturated rings. The van der Waals surface area contributed by atoms with Crippen LogP contribution in [0, 0.1) is 20.8 Å². The van der Waals surface area contributed by atoms with Crippen molar-refractivity contribution in [2.24, 2.45) is 0 Å². The fourth-order valence-corrected chi connectivity index (χ4v) is 4.50. The number of aromatic nitrogens is 2. The Morgan fingerprint density at radius 1 is 0.944 bits per heavy atom. The quantitative estimate of drug-likeness (QED) is 0.359. The van der Waals surface area contributed by atoms with Gasteiger partial charge in [0.15, 0.2) is 0 Å². The third kappa shape index (κ3) is 4.24. The molecule has 1 aliphatic rings. The Balaban J connectivity index is 1.67. The summed E-state index contributed by atoms with van der Waals surface area (Å²) in [6.45, 7) is 8.01. The molecule has 5 rings (SSSR count). The van der Waals surface area contributed by atoms with Gasteiger partial charge in [0.1, 0.15) is 5.75 Å². The van der Waals surface area contributed by atoms with Crippen LogP contribution in [0.15, 0.2) is 77.0 Å². The monoisotopic (exact) mass is 480 g/mol. The number of nitrogens with one attached hydrogen (secondary N) is 1. The molecule has 1 N–H and O–H groups in total. The minimum atomic E-state index is -0.499. The van der Waals surface area contributed by atoms with Crippen molar-refractivity contribution in [2.75, 3.05) is 12.0 Å². The van der Waals surface area contributed by atoms with Crippen LogP contribution in [0.4, 0.5) is 10.5 Å². The van der Waals surface area contributed by atoms with Crippen LogP contribution in [0.1, 0.15) is 41.1 Å². The zero-order valence-electron chi connectivity index (χ0n) is 21.0. The molecule has 2 amide bonds. The molecular weight excluding hydrogens is 452 g/mol. The fourth-order valence-electron chi connectivity index (χ4n) is 4.50. The summed E-state index contributed by atoms with van der Waals surface area (Å²) in [5.74, 6) is 1.54. The number of ether oxygens (including phenoxy) is 1. The molecule has 0 spiro atoms. The maximum absolute atomic E-state index is 13.5. The largest absolute Gasteiger partial charge is 0.497 e. The standard InChI is InChI=1S/C29H28N4O3/c1-17-8-6-10-22(14-17)27-31-28(36-32-27)25-20(4)33(23-13-12-18(2)19(3)15-23)29(34)30-26(25)21-9-7-11-24(16-21)35-5/h6-16,26H,1-5H3,(H,30,34). The topological polar surface area (TPSA) is 80.5 Å². The van der Waals surface area contributed by atoms with E-state index in [4.69, 9.17) is 14.2 Å². The van der Waals surface area contributed by atoms with Crippen molar-refractivity contribution in [3.63, 3.8) is 0 Å². The molecule has 7 heteroatoms. The Labute approximate surface area is 210 Å². The smallest absolute Gasteiger partial charge is 0.326 e. The van der Waals surface area contributed by atoms with E-state index in [0.29, 0.717) is 23.2 Å². The van der Waals surface area contributed by atoms with Gasteiger partial charge in [-0.2, -0.15) is 4.98 Å². The van der Waals surface area contributed by atoms with Crippen LogP contribution in [-0.2, 0) is 0 Å². The summed E-state index contributed by atoms with van der Waals surface area (Å²) >= 11 is 0. The van der Waals surface area contributed by atoms with Gasteiger partial charge in [-0.3, -0.25) is 4.90 Å². The molecule has 1 aromatic heterocycles. The van der Waals surface area contributed by atoms with Crippen LogP contribution in [0.5, 0.6) is 5.75 Å². The van der Waals surface area contributed by atoms with Gasteiger partial charge in [-0.25, -0.2) is 4.79 Å². The Kier molecular flexibility index (Phi) is 6.06. The maximum Gasteiger partial charge on any atom is 0.326 e. The molecule has 1 atom stereocenters. The summed E-state index contributed by atoms with van der Waals surface area (Å²) in [6, 6.07) is 20.8. The number of methoxy groups -OCH3 is 1. The van der Waals surface area contributed by atoms with Crippen LogP contribution in [0.2, 0.25) is 0 Å². The molecule has 36 heavy (non-hydrogen) atoms. The molecule has 0 saturated heterocycles. The highest BCUT2D eigenvalue weighted by Gasteiger charge is 2.36. The molecule has 4 aromatic rings. The van der Waals surface area contributed by atoms with Gasteiger partial charge in [0.05, 0.1) is 24.4 Å². The highest BCUT2D eigenvalue weighted by molar-refractivity contribution is 6.01. The van der Waals surface area contributed by atoms with Crippen molar-refractivity contribution in [3.05, 3.63) is 101 Å². The van der Waals surface area contributed by atoms with E-state index in [1.54, 1.807) is 12.0 Å². The predicted octanol–water partition coefficient (Wildman–Crippen LogP) is 6.37. The van der Waals surface area contributed by atoms with E-state index in [9.17, 15) is 4.79 Å². The molecule has 182 valence electrons. The van der Waals surface area contributed by atoms with Gasteiger partial charge in [0, 0.05) is 11.3 Å². The number of carbonyl (C=O) groups excluding carboxylic acids is 1. The first-order valence-corrected chi connectivity index (χ1v) is 11.8. The molecule has 1 unspecified atom stereocenters. The average Bonchev–Trinajstić information content (AvgIpc) is 3.35. The van der Waals surface area contributed by atoms with Gasteiger partial charge in [0.2, 0.25) is 5.82 Å². The lowest BCUT2D eigenvalue weighted by Gasteiger charge is -2.35. The van der Waals surface area contributed by atoms with Crippen LogP contribution >= 0.6 is 0 Å². The zero-order valence-corrected chi connectivity index (χ0v) is 21.0. The summed E-state index contributed by atoms with van der Waals surface area (Å²) in [6.07, 6.45) is 0. The van der Waals surface area contributed by atoms with E-state index in [1.165, 1.54) is 0 Å². The Morgan fingerprint density at radius 3 is 2.50 bits per heavy atom. The van der Waals surface area contributed by atoms with Gasteiger partial charge < -0.3 is 14.6 Å². The number of aryl methyl sites for hydroxylation is 3. The summed E-state index contributed by atoms with van der Waals surface area (Å²) in [4.78, 5) is 19.9. The second-order valence-electron chi connectivity index (χ2n) is 9.05. The molecule has 0 saturated carbocycles. The number of rotatable bonds is 5. The summed E-state index contributed by atoms with van der Waals surface area (Å²) in [5, 5.41) is 7.41. The first kappa shape index (κ1) is 23.4. The van der Waals surface area contributed by atoms with Crippen molar-refractivity contribution in [3.8, 4) is 17.1 Å². The van der Waals surface area contributed by atoms with E-state index >= 15 is 0 Å². The second-order valence-corrected chi connectivity index (χ2v) is 9.05. The molecule has 0 aliphatic carbocycles. The van der Waals surface area contributed by atoms with Crippen molar-refractivity contribution < 1.29 is 14.1 Å². The van der Waals surface area contributed by atoms with Gasteiger partial charge in [-0.1, -0.05) is 47.1 Å². The normalized spacial score (nSPS) is 15.8. The zero-order chi connectivity index (χ0) is 25.4. The first-order valence-electron chi connectivity index (χ1n) is 11.8. The Morgan fingerprint density at radius 2 is 1.75 bits per heavy atom. The highest BCUT2D eigenvalue weighted by Crippen LogP contribution is 2.40. The molecule has 2 heterocycles. The van der Waals surface area contributed by atoms with Crippen LogP contribution < -0.4 is 15.0 Å². The number of amides is 2. The number of allylic oxidation sites excluding steroid dienone is 1. The lowest BCUT2D eigenvalue weighted by atomic mass is 9.94. The second kappa shape index (κ2) is 9.34. The number of urea groups is 1. The minimum absolute atomic E-state index is 0.231. The number of hydrogen-bond acceptors (Lipinski definition) is 5. The van der Waals surface area contributed by atoms with E-state index in [1.807, 2.05) is 94.4 Å². The molecule has 7 nitrogen and oxygen atoms in total. The number of carbonyl (C=O) groups is 1. The third-order valence-electron chi connectivity index (χ3n) is 6.59. The molecule has 3 aromatic carbocycles. The number of hydrogen-bond donors (Lipinski definition) is 1. The SMILES string of the molecule is COc1cccc(C2NC(=O)N(c3ccc(C)c(C)c3)C(C)=C2c2nc(-c3cccc(C)c3)no2)c1. The third-order valence-corrected chi connectivity index (χ3v) is 6.59. The molecule has 1 aliphatic heterocycles. The minimum Gasteiger partial charge on any atom is -0.497 e. The highest BCUT2D eigenvalue weighted by atomic mass is 16.5. The fraction of sp³-hybridized carbons (Fsp3) is 0.207. The Hall–Kier alpha value is -4.39. The van der Waals surface area contributed by atoms with Gasteiger partial charge in [-0.05, 0) is 74.7 Å². The van der Waals surface area contributed by atoms with Crippen LogP contribution in [0.25, 0.3) is 17.0 Å². The van der Waals surface area contributed by atoms with E-state index in [2.05, 4.69) is 10.5 Å². The Bertz CT molecular complexity index is 1490. The van der Waals surface area contributed by atoms with E-state index < -0.39 is 6.04 Å². The lowest BCUT2D eigenvalue weighted by Crippen LogP contribution is -2.46. The van der Waals surface area contributed by atoms with E-state index in [0.717, 1.165) is 39.1 Å². The van der Waals surface area contributed by atoms with Crippen molar-refractivity contribution in [1.29, 1.82) is 0 Å². The average molecular weight is 481 g/mol. The van der Waals surface area contributed by atoms with Crippen LogP contribution in [0.3, 0.4) is 0 Å². The lowest BCUT2D eigenvalue weighted by molar-refractivity contribution is 0.244. The molecule has 0 bridgehead atoms. The number of nitrogens with zero attached hydrogens (tertiary/aromatic N) is 3. The predicted molar refractivity (Wildman–Crippen MR) is 140 cm³/mol. The van der Waals surface area contributed by atoms with Crippen molar-refractivity contribution in [1.82, 2.24) is 15.5 Å². The first-order chi connectivity index (χ1) is 17.4. The summed E-state index contributed by atoms with van der Waals surface area (Å²) < 4.78 is 11.2. The van der Waals surface area contributed by atoms with Crippen molar-refractivity contribution >= 4 is 17.3 Å². The van der Waals surface area contributed by atoms with Gasteiger partial charge in [-0.15, -0.1) is 0 Å².